The minimum Gasteiger partial charge on any atom is -0.294 e. The van der Waals surface area contributed by atoms with Crippen molar-refractivity contribution in [2.24, 2.45) is 0 Å². The maximum atomic E-state index is 13.1. The summed E-state index contributed by atoms with van der Waals surface area (Å²) in [6.45, 7) is 1.39. The van der Waals surface area contributed by atoms with Crippen molar-refractivity contribution in [1.29, 1.82) is 0 Å². The largest absolute Gasteiger partial charge is 0.419 e. The molecule has 1 heterocycles. The molecule has 0 spiro atoms. The van der Waals surface area contributed by atoms with E-state index in [1.807, 2.05) is 0 Å². The molecule has 0 radical (unpaired) electrons. The Balaban J connectivity index is 2.27. The van der Waals surface area contributed by atoms with Gasteiger partial charge in [-0.25, -0.2) is 4.39 Å². The Morgan fingerprint density at radius 3 is 2.60 bits per heavy atom. The van der Waals surface area contributed by atoms with E-state index in [1.54, 1.807) is 0 Å². The Kier molecular flexibility index (Phi) is 3.61. The summed E-state index contributed by atoms with van der Waals surface area (Å²) < 4.78 is 52.2. The minimum absolute atomic E-state index is 0.0244. The van der Waals surface area contributed by atoms with Gasteiger partial charge in [-0.05, 0) is 24.6 Å². The molecule has 0 amide bonds. The number of Topliss-reactive ketones (excluding diaryl/α,β-unsaturated/α-hetero) is 1. The van der Waals surface area contributed by atoms with Crippen LogP contribution in [0.25, 0.3) is 0 Å². The lowest BCUT2D eigenvalue weighted by atomic mass is 10.1. The van der Waals surface area contributed by atoms with E-state index in [-0.39, 0.29) is 17.9 Å². The molecule has 0 unspecified atom stereocenters. The van der Waals surface area contributed by atoms with E-state index >= 15 is 0 Å². The maximum absolute atomic E-state index is 13.1. The Hall–Kier alpha value is -2.18. The number of hydrogen-bond donors (Lipinski definition) is 0. The van der Waals surface area contributed by atoms with E-state index in [0.717, 1.165) is 12.1 Å². The van der Waals surface area contributed by atoms with Crippen molar-refractivity contribution in [3.05, 3.63) is 53.1 Å². The van der Waals surface area contributed by atoms with Crippen molar-refractivity contribution in [3.63, 3.8) is 0 Å². The zero-order valence-electron chi connectivity index (χ0n) is 10.4. The third-order valence-electron chi connectivity index (χ3n) is 2.72. The number of benzene rings is 1. The van der Waals surface area contributed by atoms with Gasteiger partial charge in [-0.2, -0.15) is 18.3 Å². The lowest BCUT2D eigenvalue weighted by molar-refractivity contribution is -0.140. The van der Waals surface area contributed by atoms with Gasteiger partial charge in [0.1, 0.15) is 5.82 Å². The first kappa shape index (κ1) is 14.2. The first-order valence-electron chi connectivity index (χ1n) is 5.66. The molecule has 106 valence electrons. The number of hydrogen-bond acceptors (Lipinski definition) is 2. The molecule has 0 saturated carbocycles. The second kappa shape index (κ2) is 5.07. The molecule has 0 aliphatic heterocycles. The Labute approximate surface area is 111 Å². The van der Waals surface area contributed by atoms with Gasteiger partial charge in [0.15, 0.2) is 5.78 Å². The average molecular weight is 286 g/mol. The molecule has 2 aromatic rings. The minimum atomic E-state index is -4.74. The van der Waals surface area contributed by atoms with E-state index in [4.69, 9.17) is 0 Å². The molecule has 1 aromatic carbocycles. The topological polar surface area (TPSA) is 34.9 Å². The zero-order chi connectivity index (χ0) is 14.9. The number of alkyl halides is 3. The first-order valence-corrected chi connectivity index (χ1v) is 5.66. The van der Waals surface area contributed by atoms with Gasteiger partial charge >= 0.3 is 6.18 Å². The summed E-state index contributed by atoms with van der Waals surface area (Å²) in [6.07, 6.45) is -1.98. The van der Waals surface area contributed by atoms with E-state index in [9.17, 15) is 22.4 Å². The highest BCUT2D eigenvalue weighted by molar-refractivity contribution is 5.93. The fraction of sp³-hybridized carbons (Fsp3) is 0.231. The highest BCUT2D eigenvalue weighted by atomic mass is 19.4. The van der Waals surface area contributed by atoms with Crippen molar-refractivity contribution < 1.29 is 22.4 Å². The normalized spacial score (nSPS) is 11.7. The van der Waals surface area contributed by atoms with Crippen LogP contribution in [-0.2, 0) is 12.7 Å². The molecular formula is C13H10F4N2O. The van der Waals surface area contributed by atoms with Crippen LogP contribution in [0.1, 0.15) is 28.4 Å². The second-order valence-corrected chi connectivity index (χ2v) is 4.29. The quantitative estimate of drug-likeness (QED) is 0.641. The van der Waals surface area contributed by atoms with Gasteiger partial charge in [0.2, 0.25) is 0 Å². The van der Waals surface area contributed by atoms with Crippen LogP contribution in [0.5, 0.6) is 0 Å². The number of aromatic nitrogens is 2. The monoisotopic (exact) mass is 286 g/mol. The molecule has 0 atom stereocenters. The van der Waals surface area contributed by atoms with Gasteiger partial charge < -0.3 is 0 Å². The molecule has 3 nitrogen and oxygen atoms in total. The predicted molar refractivity (Wildman–Crippen MR) is 62.7 cm³/mol. The average Bonchev–Trinajstić information content (AvgIpc) is 2.79. The number of carbonyl (C=O) groups excluding carboxylic acids is 1. The number of carbonyl (C=O) groups is 1. The van der Waals surface area contributed by atoms with Gasteiger partial charge in [0, 0.05) is 6.20 Å². The molecule has 1 aromatic heterocycles. The molecule has 0 aliphatic rings. The lowest BCUT2D eigenvalue weighted by Gasteiger charge is -2.10. The van der Waals surface area contributed by atoms with Gasteiger partial charge in [0.05, 0.1) is 23.9 Å². The Bertz CT molecular complexity index is 646. The van der Waals surface area contributed by atoms with E-state index in [0.29, 0.717) is 5.56 Å². The molecular weight excluding hydrogens is 276 g/mol. The maximum Gasteiger partial charge on any atom is 0.419 e. The summed E-state index contributed by atoms with van der Waals surface area (Å²) in [5.41, 5.74) is -0.700. The van der Waals surface area contributed by atoms with Gasteiger partial charge in [-0.3, -0.25) is 9.48 Å². The standard InChI is InChI=1S/C13H10F4N2O/c1-8(20)10-5-18-19(7-10)6-9-2-3-12(14)11(4-9)13(15,16)17/h2-5,7H,6H2,1H3. The fourth-order valence-electron chi connectivity index (χ4n) is 1.71. The number of nitrogens with zero attached hydrogens (tertiary/aromatic N) is 2. The summed E-state index contributed by atoms with van der Waals surface area (Å²) in [5.74, 6) is -1.50. The van der Waals surface area contributed by atoms with Crippen LogP contribution in [0.15, 0.2) is 30.6 Å². The van der Waals surface area contributed by atoms with Gasteiger partial charge in [-0.15, -0.1) is 0 Å². The number of rotatable bonds is 3. The fourth-order valence-corrected chi connectivity index (χ4v) is 1.71. The summed E-state index contributed by atoms with van der Waals surface area (Å²) in [4.78, 5) is 11.1. The van der Waals surface area contributed by atoms with Crippen molar-refractivity contribution >= 4 is 5.78 Å². The molecule has 0 bridgehead atoms. The SMILES string of the molecule is CC(=O)c1cnn(Cc2ccc(F)c(C(F)(F)F)c2)c1. The molecule has 2 rings (SSSR count). The van der Waals surface area contributed by atoms with E-state index in [1.165, 1.54) is 30.1 Å². The van der Waals surface area contributed by atoms with E-state index < -0.39 is 17.6 Å². The zero-order valence-corrected chi connectivity index (χ0v) is 10.4. The van der Waals surface area contributed by atoms with Gasteiger partial charge in [-0.1, -0.05) is 6.07 Å². The summed E-state index contributed by atoms with van der Waals surface area (Å²) in [5, 5.41) is 3.87. The van der Waals surface area contributed by atoms with Crippen LogP contribution in [-0.4, -0.2) is 15.6 Å². The van der Waals surface area contributed by atoms with Crippen LogP contribution < -0.4 is 0 Å². The summed E-state index contributed by atoms with van der Waals surface area (Å²) in [6, 6.07) is 2.76. The lowest BCUT2D eigenvalue weighted by Crippen LogP contribution is -2.10. The molecule has 20 heavy (non-hydrogen) atoms. The van der Waals surface area contributed by atoms with E-state index in [2.05, 4.69) is 5.10 Å². The third kappa shape index (κ3) is 3.04. The molecule has 0 aliphatic carbocycles. The highest BCUT2D eigenvalue weighted by Gasteiger charge is 2.34. The summed E-state index contributed by atoms with van der Waals surface area (Å²) in [7, 11) is 0. The van der Waals surface area contributed by atoms with Crippen molar-refractivity contribution in [3.8, 4) is 0 Å². The molecule has 0 fully saturated rings. The van der Waals surface area contributed by atoms with Crippen LogP contribution in [0.4, 0.5) is 17.6 Å². The smallest absolute Gasteiger partial charge is 0.294 e. The van der Waals surface area contributed by atoms with Crippen LogP contribution in [0.2, 0.25) is 0 Å². The van der Waals surface area contributed by atoms with Crippen LogP contribution >= 0.6 is 0 Å². The summed E-state index contributed by atoms with van der Waals surface area (Å²) >= 11 is 0. The second-order valence-electron chi connectivity index (χ2n) is 4.29. The van der Waals surface area contributed by atoms with Crippen molar-refractivity contribution in [1.82, 2.24) is 9.78 Å². The predicted octanol–water partition coefficient (Wildman–Crippen LogP) is 3.29. The number of halogens is 4. The Morgan fingerprint density at radius 2 is 2.05 bits per heavy atom. The number of ketones is 1. The first-order chi connectivity index (χ1) is 9.27. The third-order valence-corrected chi connectivity index (χ3v) is 2.72. The Morgan fingerprint density at radius 1 is 1.35 bits per heavy atom. The van der Waals surface area contributed by atoms with Crippen LogP contribution in [0, 0.1) is 5.82 Å². The van der Waals surface area contributed by atoms with Gasteiger partial charge in [0.25, 0.3) is 0 Å². The molecule has 0 N–H and O–H groups in total. The van der Waals surface area contributed by atoms with Crippen LogP contribution in [0.3, 0.4) is 0 Å². The highest BCUT2D eigenvalue weighted by Crippen LogP contribution is 2.32. The van der Waals surface area contributed by atoms with Crippen molar-refractivity contribution in [2.45, 2.75) is 19.6 Å². The van der Waals surface area contributed by atoms with Crippen molar-refractivity contribution in [2.75, 3.05) is 0 Å². The molecule has 7 heteroatoms. The molecule has 0 saturated heterocycles.